The van der Waals surface area contributed by atoms with E-state index in [2.05, 4.69) is 0 Å². The summed E-state index contributed by atoms with van der Waals surface area (Å²) in [4.78, 5) is 0. The van der Waals surface area contributed by atoms with E-state index >= 15 is 0 Å². The summed E-state index contributed by atoms with van der Waals surface area (Å²) in [6.07, 6.45) is 0. The highest BCUT2D eigenvalue weighted by Crippen LogP contribution is 1.80. The summed E-state index contributed by atoms with van der Waals surface area (Å²) in [7, 11) is -7.33. The fraction of sp³-hybridized carbons (Fsp3) is 1.00. The van der Waals surface area contributed by atoms with E-state index < -0.39 is 15.1 Å². The second-order valence-corrected chi connectivity index (χ2v) is 1.28. The van der Waals surface area contributed by atoms with Crippen LogP contribution in [0.1, 0.15) is 13.8 Å². The molecule has 0 aliphatic rings. The van der Waals surface area contributed by atoms with E-state index in [0.29, 0.717) is 0 Å². The monoisotopic (exact) mass is 228 g/mol. The largest absolute Gasteiger partial charge is 0.762 e. The Labute approximate surface area is 79.4 Å². The zero-order valence-electron chi connectivity index (χ0n) is 7.74. The van der Waals surface area contributed by atoms with Crippen LogP contribution >= 0.6 is 0 Å². The van der Waals surface area contributed by atoms with Gasteiger partial charge in [0.05, 0.1) is 0 Å². The van der Waals surface area contributed by atoms with E-state index in [1.54, 1.807) is 0 Å². The van der Waals surface area contributed by atoms with Crippen LogP contribution in [-0.2, 0) is 4.74 Å². The summed E-state index contributed by atoms with van der Waals surface area (Å²) in [5.74, 6) is 0. The summed E-state index contributed by atoms with van der Waals surface area (Å²) in [5.41, 5.74) is 0. The Balaban J connectivity index is -0.0000000522. The molecule has 0 atom stereocenters. The predicted molar refractivity (Wildman–Crippen MR) is 43.9 cm³/mol. The van der Waals surface area contributed by atoms with Gasteiger partial charge in [-0.3, -0.25) is 25.9 Å². The maximum Gasteiger partial charge on any atom is 0.762 e. The summed E-state index contributed by atoms with van der Waals surface area (Å²) in [5, 5.41) is 0. The Morgan fingerprint density at radius 2 is 0.929 bits per heavy atom. The highest BCUT2D eigenvalue weighted by molar-refractivity contribution is 6.33. The topological polar surface area (TPSA) is 40.7 Å². The van der Waals surface area contributed by atoms with Gasteiger partial charge in [0.2, 0.25) is 0 Å². The zero-order valence-corrected chi connectivity index (χ0v) is 7.74. The van der Waals surface area contributed by atoms with E-state index in [4.69, 9.17) is 4.74 Å². The SMILES string of the molecule is CCOCC.FB(F)F.FB(F)F.O. The van der Waals surface area contributed by atoms with E-state index in [9.17, 15) is 25.9 Å². The second kappa shape index (κ2) is 22.9. The molecule has 2 N–H and O–H groups in total. The van der Waals surface area contributed by atoms with E-state index in [1.807, 2.05) is 13.8 Å². The minimum absolute atomic E-state index is 0. The molecule has 88 valence electrons. The lowest BCUT2D eigenvalue weighted by molar-refractivity contribution is 0.162. The molecule has 0 aromatic carbocycles. The van der Waals surface area contributed by atoms with Gasteiger partial charge in [0.25, 0.3) is 0 Å². The first-order valence-electron chi connectivity index (χ1n) is 3.30. The predicted octanol–water partition coefficient (Wildman–Crippen LogP) is 1.98. The molecule has 2 nitrogen and oxygen atoms in total. The summed E-state index contributed by atoms with van der Waals surface area (Å²) >= 11 is 0. The molecule has 0 unspecified atom stereocenters. The van der Waals surface area contributed by atoms with Gasteiger partial charge in [0.1, 0.15) is 0 Å². The van der Waals surface area contributed by atoms with Crippen molar-refractivity contribution in [1.29, 1.82) is 0 Å². The van der Waals surface area contributed by atoms with Crippen molar-refractivity contribution in [2.45, 2.75) is 13.8 Å². The summed E-state index contributed by atoms with van der Waals surface area (Å²) in [6, 6.07) is 0. The number of ether oxygens (including phenoxy) is 1. The maximum atomic E-state index is 9.67. The molecule has 0 aliphatic carbocycles. The van der Waals surface area contributed by atoms with Crippen molar-refractivity contribution < 1.29 is 36.1 Å². The lowest BCUT2D eigenvalue weighted by atomic mass is 10.5. The van der Waals surface area contributed by atoms with Crippen LogP contribution < -0.4 is 0 Å². The summed E-state index contributed by atoms with van der Waals surface area (Å²) < 4.78 is 62.8. The lowest BCUT2D eigenvalue weighted by Gasteiger charge is -1.86. The van der Waals surface area contributed by atoms with Crippen molar-refractivity contribution >= 4 is 15.1 Å². The minimum Gasteiger partial charge on any atom is -0.412 e. The molecule has 0 aromatic rings. The fourth-order valence-corrected chi connectivity index (χ4v) is 0.204. The van der Waals surface area contributed by atoms with Crippen molar-refractivity contribution in [2.75, 3.05) is 13.2 Å². The van der Waals surface area contributed by atoms with Gasteiger partial charge in [-0.1, -0.05) is 0 Å². The molecule has 14 heavy (non-hydrogen) atoms. The quantitative estimate of drug-likeness (QED) is 0.525. The Morgan fingerprint density at radius 1 is 0.786 bits per heavy atom. The van der Waals surface area contributed by atoms with Gasteiger partial charge in [0.15, 0.2) is 0 Å². The minimum atomic E-state index is -3.67. The van der Waals surface area contributed by atoms with Crippen molar-refractivity contribution in [3.8, 4) is 0 Å². The third kappa shape index (κ3) is 495. The molecule has 0 amide bonds. The molecular weight excluding hydrogens is 216 g/mol. The third-order valence-corrected chi connectivity index (χ3v) is 0.408. The number of hydrogen-bond donors (Lipinski definition) is 0. The molecule has 0 aromatic heterocycles. The van der Waals surface area contributed by atoms with Crippen molar-refractivity contribution in [3.05, 3.63) is 0 Å². The average Bonchev–Trinajstić information content (AvgIpc) is 1.86. The van der Waals surface area contributed by atoms with Gasteiger partial charge < -0.3 is 10.2 Å². The van der Waals surface area contributed by atoms with E-state index in [0.717, 1.165) is 13.2 Å². The number of rotatable bonds is 2. The van der Waals surface area contributed by atoms with Crippen LogP contribution in [0.2, 0.25) is 0 Å². The molecule has 0 saturated heterocycles. The van der Waals surface area contributed by atoms with Crippen molar-refractivity contribution in [3.63, 3.8) is 0 Å². The van der Waals surface area contributed by atoms with Gasteiger partial charge >= 0.3 is 15.1 Å². The first-order chi connectivity index (χ1) is 5.88. The summed E-state index contributed by atoms with van der Waals surface area (Å²) in [6.45, 7) is 5.67. The molecular formula is C4H12B2F6O2. The molecule has 0 bridgehead atoms. The molecule has 0 fully saturated rings. The number of halogens is 6. The van der Waals surface area contributed by atoms with E-state index in [-0.39, 0.29) is 5.48 Å². The van der Waals surface area contributed by atoms with Crippen LogP contribution in [0, 0.1) is 0 Å². The molecule has 0 spiro atoms. The van der Waals surface area contributed by atoms with E-state index in [1.165, 1.54) is 0 Å². The van der Waals surface area contributed by atoms with Gasteiger partial charge in [-0.05, 0) is 13.8 Å². The molecule has 0 aliphatic heterocycles. The van der Waals surface area contributed by atoms with Crippen molar-refractivity contribution in [2.24, 2.45) is 0 Å². The normalized spacial score (nSPS) is 6.86. The first-order valence-corrected chi connectivity index (χ1v) is 3.30. The lowest BCUT2D eigenvalue weighted by Crippen LogP contribution is -1.84. The van der Waals surface area contributed by atoms with Crippen LogP contribution in [0.3, 0.4) is 0 Å². The highest BCUT2D eigenvalue weighted by atomic mass is 19.4. The van der Waals surface area contributed by atoms with Crippen LogP contribution in [0.4, 0.5) is 25.9 Å². The Morgan fingerprint density at radius 3 is 0.929 bits per heavy atom. The third-order valence-electron chi connectivity index (χ3n) is 0.408. The Bertz CT molecular complexity index is 65.3. The first kappa shape index (κ1) is 23.4. The zero-order chi connectivity index (χ0) is 11.3. The Kier molecular flexibility index (Phi) is 38.4. The fourth-order valence-electron chi connectivity index (χ4n) is 0.204. The van der Waals surface area contributed by atoms with Crippen molar-refractivity contribution in [1.82, 2.24) is 0 Å². The molecule has 0 rings (SSSR count). The van der Waals surface area contributed by atoms with Crippen LogP contribution in [0.15, 0.2) is 0 Å². The molecule has 0 radical (unpaired) electrons. The Hall–Kier alpha value is -0.370. The van der Waals surface area contributed by atoms with Crippen LogP contribution in [-0.4, -0.2) is 33.8 Å². The number of hydrogen-bond acceptors (Lipinski definition) is 1. The van der Waals surface area contributed by atoms with Gasteiger partial charge in [-0.2, -0.15) is 0 Å². The van der Waals surface area contributed by atoms with Gasteiger partial charge in [-0.25, -0.2) is 0 Å². The smallest absolute Gasteiger partial charge is 0.412 e. The van der Waals surface area contributed by atoms with Crippen LogP contribution in [0.25, 0.3) is 0 Å². The molecule has 10 heteroatoms. The molecule has 0 saturated carbocycles. The van der Waals surface area contributed by atoms with Crippen LogP contribution in [0.5, 0.6) is 0 Å². The standard InChI is InChI=1S/C4H10O.2BF3.H2O/c1-3-5-4-2;2*2-1(3)4;/h3-4H2,1-2H3;;;1H2. The van der Waals surface area contributed by atoms with Gasteiger partial charge in [0, 0.05) is 13.2 Å². The maximum absolute atomic E-state index is 9.67. The highest BCUT2D eigenvalue weighted by Gasteiger charge is 2.06. The second-order valence-electron chi connectivity index (χ2n) is 1.28. The molecule has 0 heterocycles. The van der Waals surface area contributed by atoms with Gasteiger partial charge in [-0.15, -0.1) is 0 Å². The average molecular weight is 228 g/mol.